The first-order valence-electron chi connectivity index (χ1n) is 7.64. The fourth-order valence-corrected chi connectivity index (χ4v) is 4.51. The van der Waals surface area contributed by atoms with Crippen molar-refractivity contribution in [1.29, 1.82) is 0 Å². The Hall–Kier alpha value is -1.04. The van der Waals surface area contributed by atoms with Crippen molar-refractivity contribution in [3.05, 3.63) is 35.3 Å². The van der Waals surface area contributed by atoms with Gasteiger partial charge in [-0.1, -0.05) is 13.0 Å². The second kappa shape index (κ2) is 5.00. The number of nitrogens with one attached hydrogen (secondary N) is 1. The number of imidazole rings is 1. The monoisotopic (exact) mass is 303 g/mol. The van der Waals surface area contributed by atoms with Crippen LogP contribution in [0.25, 0.3) is 5.65 Å². The maximum Gasteiger partial charge on any atom is 0.137 e. The lowest BCUT2D eigenvalue weighted by Crippen LogP contribution is -2.44. The molecule has 1 N–H and O–H groups in total. The average molecular weight is 303 g/mol. The summed E-state index contributed by atoms with van der Waals surface area (Å²) in [6, 6.07) is 4.28. The van der Waals surface area contributed by atoms with Gasteiger partial charge in [-0.25, -0.2) is 4.98 Å². The third-order valence-corrected chi connectivity index (χ3v) is 5.66. The van der Waals surface area contributed by atoms with Crippen LogP contribution in [0.3, 0.4) is 0 Å². The first-order chi connectivity index (χ1) is 10.2. The lowest BCUT2D eigenvalue weighted by Gasteiger charge is -2.33. The first kappa shape index (κ1) is 13.6. The van der Waals surface area contributed by atoms with Crippen molar-refractivity contribution in [3.63, 3.8) is 0 Å². The number of rotatable bonds is 4. The van der Waals surface area contributed by atoms with Gasteiger partial charge in [-0.2, -0.15) is 17.2 Å². The summed E-state index contributed by atoms with van der Waals surface area (Å²) in [7, 11) is 0. The molecule has 0 saturated carbocycles. The highest BCUT2D eigenvalue weighted by Crippen LogP contribution is 2.42. The molecule has 0 aromatic carbocycles. The van der Waals surface area contributed by atoms with E-state index in [-0.39, 0.29) is 5.54 Å². The Morgan fingerprint density at radius 1 is 1.43 bits per heavy atom. The molecule has 0 bridgehead atoms. The molecule has 2 aliphatic rings. The number of pyridine rings is 1. The van der Waals surface area contributed by atoms with Crippen molar-refractivity contribution in [1.82, 2.24) is 14.9 Å². The molecule has 2 aromatic heterocycles. The molecule has 1 aliphatic carbocycles. The highest BCUT2D eigenvalue weighted by Gasteiger charge is 2.31. The molecule has 4 nitrogen and oxygen atoms in total. The van der Waals surface area contributed by atoms with Crippen LogP contribution in [-0.2, 0) is 11.4 Å². The van der Waals surface area contributed by atoms with Crippen LogP contribution in [-0.4, -0.2) is 26.4 Å². The zero-order chi connectivity index (χ0) is 14.4. The van der Waals surface area contributed by atoms with Crippen LogP contribution >= 0.6 is 11.8 Å². The third kappa shape index (κ3) is 2.47. The first-order valence-corrected chi connectivity index (χ1v) is 8.79. The van der Waals surface area contributed by atoms with Crippen LogP contribution in [0.1, 0.15) is 49.6 Å². The lowest BCUT2D eigenvalue weighted by molar-refractivity contribution is -0.0329. The van der Waals surface area contributed by atoms with Crippen LogP contribution in [0.2, 0.25) is 0 Å². The number of aromatic nitrogens is 2. The van der Waals surface area contributed by atoms with Crippen LogP contribution in [0.5, 0.6) is 0 Å². The molecule has 0 amide bonds. The normalized spacial score (nSPS) is 23.2. The summed E-state index contributed by atoms with van der Waals surface area (Å²) in [5.41, 5.74) is 8.24. The van der Waals surface area contributed by atoms with E-state index in [2.05, 4.69) is 47.0 Å². The Balaban J connectivity index is 1.42. The highest BCUT2D eigenvalue weighted by molar-refractivity contribution is 7.99. The molecular formula is C16H21N3OS. The van der Waals surface area contributed by atoms with Gasteiger partial charge in [-0.15, -0.1) is 0 Å². The Labute approximate surface area is 129 Å². The Morgan fingerprint density at radius 2 is 2.24 bits per heavy atom. The van der Waals surface area contributed by atoms with Gasteiger partial charge in [-0.3, -0.25) is 4.84 Å². The van der Waals surface area contributed by atoms with Gasteiger partial charge in [0.1, 0.15) is 12.3 Å². The maximum absolute atomic E-state index is 5.74. The van der Waals surface area contributed by atoms with E-state index in [1.165, 1.54) is 22.8 Å². The van der Waals surface area contributed by atoms with E-state index in [1.54, 1.807) is 0 Å². The van der Waals surface area contributed by atoms with Gasteiger partial charge in [0.05, 0.1) is 5.69 Å². The van der Waals surface area contributed by atoms with Crippen molar-refractivity contribution in [2.75, 3.05) is 11.5 Å². The van der Waals surface area contributed by atoms with Crippen LogP contribution < -0.4 is 5.48 Å². The minimum absolute atomic E-state index is 0.116. The van der Waals surface area contributed by atoms with E-state index in [0.717, 1.165) is 24.2 Å². The van der Waals surface area contributed by atoms with E-state index in [1.807, 2.05) is 11.8 Å². The number of thioether (sulfide) groups is 1. The molecule has 1 unspecified atom stereocenters. The zero-order valence-electron chi connectivity index (χ0n) is 12.6. The molecule has 0 spiro atoms. The molecule has 21 heavy (non-hydrogen) atoms. The second-order valence-corrected chi connectivity index (χ2v) is 7.64. The smallest absolute Gasteiger partial charge is 0.137 e. The molecule has 1 fully saturated rings. The summed E-state index contributed by atoms with van der Waals surface area (Å²) in [4.78, 5) is 10.4. The minimum Gasteiger partial charge on any atom is -0.303 e. The summed E-state index contributed by atoms with van der Waals surface area (Å²) in [5, 5.41) is 0. The van der Waals surface area contributed by atoms with Gasteiger partial charge in [0.2, 0.25) is 0 Å². The fourth-order valence-electron chi connectivity index (χ4n) is 3.12. The molecule has 4 rings (SSSR count). The molecule has 3 heterocycles. The SMILES string of the molecule is CC1c2ccc3nc(CONC4(C)CCSCC4)cn3c21. The van der Waals surface area contributed by atoms with E-state index in [0.29, 0.717) is 12.5 Å². The predicted octanol–water partition coefficient (Wildman–Crippen LogP) is 3.11. The Kier molecular flexibility index (Phi) is 3.24. The average Bonchev–Trinajstić information content (AvgIpc) is 2.95. The van der Waals surface area contributed by atoms with E-state index in [4.69, 9.17) is 4.84 Å². The second-order valence-electron chi connectivity index (χ2n) is 6.42. The van der Waals surface area contributed by atoms with Crippen LogP contribution in [0.15, 0.2) is 18.3 Å². The van der Waals surface area contributed by atoms with Crippen LogP contribution in [0.4, 0.5) is 0 Å². The summed E-state index contributed by atoms with van der Waals surface area (Å²) in [6.07, 6.45) is 4.43. The lowest BCUT2D eigenvalue weighted by atomic mass is 9.96. The maximum atomic E-state index is 5.74. The largest absolute Gasteiger partial charge is 0.303 e. The molecule has 112 valence electrons. The van der Waals surface area contributed by atoms with Gasteiger partial charge in [-0.05, 0) is 42.9 Å². The number of hydrogen-bond donors (Lipinski definition) is 1. The van der Waals surface area contributed by atoms with E-state index < -0.39 is 0 Å². The van der Waals surface area contributed by atoms with Crippen molar-refractivity contribution in [3.8, 4) is 0 Å². The van der Waals surface area contributed by atoms with E-state index in [9.17, 15) is 0 Å². The van der Waals surface area contributed by atoms with Gasteiger partial charge in [0.25, 0.3) is 0 Å². The van der Waals surface area contributed by atoms with Gasteiger partial charge < -0.3 is 4.40 Å². The molecule has 1 atom stereocenters. The van der Waals surface area contributed by atoms with Crippen molar-refractivity contribution in [2.24, 2.45) is 0 Å². The number of hydrogen-bond acceptors (Lipinski definition) is 4. The molecule has 5 heteroatoms. The highest BCUT2D eigenvalue weighted by atomic mass is 32.2. The summed E-state index contributed by atoms with van der Waals surface area (Å²) in [5.74, 6) is 3.01. The Morgan fingerprint density at radius 3 is 3.05 bits per heavy atom. The third-order valence-electron chi connectivity index (χ3n) is 4.68. The quantitative estimate of drug-likeness (QED) is 0.881. The standard InChI is InChI=1S/C16H21N3OS/c1-11-13-3-4-14-17-12(9-19(14)15(11)13)10-20-18-16(2)5-7-21-8-6-16/h3-4,9,11,18H,5-8,10H2,1-2H3. The predicted molar refractivity (Wildman–Crippen MR) is 85.6 cm³/mol. The minimum atomic E-state index is 0.116. The summed E-state index contributed by atoms with van der Waals surface area (Å²) < 4.78 is 2.21. The van der Waals surface area contributed by atoms with Gasteiger partial charge >= 0.3 is 0 Å². The molecule has 1 saturated heterocycles. The van der Waals surface area contributed by atoms with Crippen molar-refractivity contribution in [2.45, 2.75) is 44.8 Å². The van der Waals surface area contributed by atoms with Gasteiger partial charge in [0, 0.05) is 23.3 Å². The molecule has 1 aliphatic heterocycles. The zero-order valence-corrected chi connectivity index (χ0v) is 13.4. The molecular weight excluding hydrogens is 282 g/mol. The number of nitrogens with zero attached hydrogens (tertiary/aromatic N) is 2. The van der Waals surface area contributed by atoms with Crippen molar-refractivity contribution >= 4 is 17.4 Å². The molecule has 0 radical (unpaired) electrons. The number of hydroxylamine groups is 1. The Bertz CT molecular complexity index is 675. The van der Waals surface area contributed by atoms with Crippen molar-refractivity contribution < 1.29 is 4.84 Å². The molecule has 2 aromatic rings. The van der Waals surface area contributed by atoms with E-state index >= 15 is 0 Å². The summed E-state index contributed by atoms with van der Waals surface area (Å²) >= 11 is 2.03. The van der Waals surface area contributed by atoms with Crippen LogP contribution in [0, 0.1) is 0 Å². The topological polar surface area (TPSA) is 38.6 Å². The number of fused-ring (bicyclic) bond motifs is 3. The fraction of sp³-hybridized carbons (Fsp3) is 0.562. The summed E-state index contributed by atoms with van der Waals surface area (Å²) in [6.45, 7) is 5.01. The van der Waals surface area contributed by atoms with Gasteiger partial charge in [0.15, 0.2) is 0 Å².